The number of nitriles is 1. The summed E-state index contributed by atoms with van der Waals surface area (Å²) in [7, 11) is 0. The largest absolute Gasteiger partial charge is 0.368 e. The Labute approximate surface area is 116 Å². The molecule has 20 heavy (non-hydrogen) atoms. The Bertz CT molecular complexity index is 551. The summed E-state index contributed by atoms with van der Waals surface area (Å²) in [6, 6.07) is 5.31. The van der Waals surface area contributed by atoms with Crippen molar-refractivity contribution in [1.82, 2.24) is 5.32 Å². The smallest absolute Gasteiger partial charge is 0.293 e. The van der Waals surface area contributed by atoms with Crippen LogP contribution >= 0.6 is 0 Å². The molecule has 0 fully saturated rings. The van der Waals surface area contributed by atoms with E-state index in [2.05, 4.69) is 10.6 Å². The molecule has 1 aromatic carbocycles. The van der Waals surface area contributed by atoms with Crippen LogP contribution < -0.4 is 10.6 Å². The number of carbonyl (C=O) groups is 1. The standard InChI is InChI=1S/C13H16N4O3/c1-3-6-15-13(18)9(2)16-11-5-4-10(8-14)7-12(11)17(19)20/h4-5,7,9,16H,3,6H2,1-2H3,(H,15,18). The van der Waals surface area contributed by atoms with Gasteiger partial charge in [0.15, 0.2) is 0 Å². The van der Waals surface area contributed by atoms with Crippen LogP contribution in [0.5, 0.6) is 0 Å². The molecule has 0 radical (unpaired) electrons. The predicted molar refractivity (Wildman–Crippen MR) is 74.2 cm³/mol. The average molecular weight is 276 g/mol. The molecule has 0 aliphatic carbocycles. The van der Waals surface area contributed by atoms with Gasteiger partial charge in [0, 0.05) is 12.6 Å². The third-order valence-corrected chi connectivity index (χ3v) is 2.64. The van der Waals surface area contributed by atoms with E-state index >= 15 is 0 Å². The number of benzene rings is 1. The molecule has 2 N–H and O–H groups in total. The van der Waals surface area contributed by atoms with Crippen LogP contribution in [0.4, 0.5) is 11.4 Å². The molecule has 106 valence electrons. The lowest BCUT2D eigenvalue weighted by atomic mass is 10.1. The molecule has 1 atom stereocenters. The maximum atomic E-state index is 11.7. The molecule has 0 saturated heterocycles. The van der Waals surface area contributed by atoms with Gasteiger partial charge in [0.05, 0.1) is 16.6 Å². The van der Waals surface area contributed by atoms with Crippen molar-refractivity contribution < 1.29 is 9.72 Å². The van der Waals surface area contributed by atoms with E-state index in [0.717, 1.165) is 6.42 Å². The van der Waals surface area contributed by atoms with Crippen molar-refractivity contribution in [3.8, 4) is 6.07 Å². The maximum absolute atomic E-state index is 11.7. The van der Waals surface area contributed by atoms with Crippen molar-refractivity contribution in [2.45, 2.75) is 26.3 Å². The number of amides is 1. The Morgan fingerprint density at radius 1 is 1.55 bits per heavy atom. The van der Waals surface area contributed by atoms with Gasteiger partial charge in [-0.1, -0.05) is 6.92 Å². The number of hydrogen-bond donors (Lipinski definition) is 2. The van der Waals surface area contributed by atoms with Gasteiger partial charge >= 0.3 is 0 Å². The van der Waals surface area contributed by atoms with Crippen LogP contribution in [0, 0.1) is 21.4 Å². The summed E-state index contributed by atoms with van der Waals surface area (Å²) >= 11 is 0. The van der Waals surface area contributed by atoms with Gasteiger partial charge in [0.2, 0.25) is 5.91 Å². The minimum atomic E-state index is -0.604. The molecule has 1 amide bonds. The summed E-state index contributed by atoms with van der Waals surface area (Å²) in [6.07, 6.45) is 0.815. The van der Waals surface area contributed by atoms with Crippen LogP contribution in [-0.2, 0) is 4.79 Å². The zero-order valence-corrected chi connectivity index (χ0v) is 11.3. The molecular formula is C13H16N4O3. The van der Waals surface area contributed by atoms with Crippen molar-refractivity contribution >= 4 is 17.3 Å². The first-order chi connectivity index (χ1) is 9.49. The van der Waals surface area contributed by atoms with E-state index in [1.165, 1.54) is 18.2 Å². The third kappa shape index (κ3) is 3.95. The van der Waals surface area contributed by atoms with E-state index in [1.54, 1.807) is 6.92 Å². The van der Waals surface area contributed by atoms with Crippen molar-refractivity contribution in [3.63, 3.8) is 0 Å². The quantitative estimate of drug-likeness (QED) is 0.608. The van der Waals surface area contributed by atoms with Gasteiger partial charge in [0.25, 0.3) is 5.69 Å². The highest BCUT2D eigenvalue weighted by molar-refractivity contribution is 5.85. The summed E-state index contributed by atoms with van der Waals surface area (Å²) in [5.74, 6) is -0.231. The van der Waals surface area contributed by atoms with E-state index < -0.39 is 11.0 Å². The number of hydrogen-bond acceptors (Lipinski definition) is 5. The number of anilines is 1. The van der Waals surface area contributed by atoms with E-state index in [1.807, 2.05) is 13.0 Å². The van der Waals surface area contributed by atoms with Gasteiger partial charge in [-0.25, -0.2) is 0 Å². The van der Waals surface area contributed by atoms with Gasteiger partial charge in [-0.3, -0.25) is 14.9 Å². The molecule has 0 spiro atoms. The molecule has 1 aromatic rings. The monoisotopic (exact) mass is 276 g/mol. The van der Waals surface area contributed by atoms with Crippen molar-refractivity contribution in [2.75, 3.05) is 11.9 Å². The molecular weight excluding hydrogens is 260 g/mol. The van der Waals surface area contributed by atoms with Crippen LogP contribution in [0.3, 0.4) is 0 Å². The Balaban J connectivity index is 2.89. The van der Waals surface area contributed by atoms with E-state index in [0.29, 0.717) is 6.54 Å². The topological polar surface area (TPSA) is 108 Å². The lowest BCUT2D eigenvalue weighted by molar-refractivity contribution is -0.384. The highest BCUT2D eigenvalue weighted by Crippen LogP contribution is 2.25. The van der Waals surface area contributed by atoms with Crippen LogP contribution in [0.25, 0.3) is 0 Å². The van der Waals surface area contributed by atoms with Crippen molar-refractivity contribution in [1.29, 1.82) is 5.26 Å². The lowest BCUT2D eigenvalue weighted by Crippen LogP contribution is -2.38. The van der Waals surface area contributed by atoms with Gasteiger partial charge in [-0.15, -0.1) is 0 Å². The van der Waals surface area contributed by atoms with Crippen LogP contribution in [0.2, 0.25) is 0 Å². The van der Waals surface area contributed by atoms with Crippen molar-refractivity contribution in [3.05, 3.63) is 33.9 Å². The number of nitro groups is 1. The molecule has 7 nitrogen and oxygen atoms in total. The summed E-state index contributed by atoms with van der Waals surface area (Å²) < 4.78 is 0. The summed E-state index contributed by atoms with van der Waals surface area (Å²) in [6.45, 7) is 4.11. The Kier molecular flexibility index (Phi) is 5.47. The minimum Gasteiger partial charge on any atom is -0.368 e. The minimum absolute atomic E-state index is 0.199. The van der Waals surface area contributed by atoms with E-state index in [9.17, 15) is 14.9 Å². The summed E-state index contributed by atoms with van der Waals surface area (Å²) in [5.41, 5.74) is 0.192. The first kappa shape index (κ1) is 15.4. The molecule has 0 heterocycles. The van der Waals surface area contributed by atoms with E-state index in [-0.39, 0.29) is 22.8 Å². The second-order valence-corrected chi connectivity index (χ2v) is 4.26. The zero-order valence-electron chi connectivity index (χ0n) is 11.3. The second kappa shape index (κ2) is 7.09. The van der Waals surface area contributed by atoms with Crippen molar-refractivity contribution in [2.24, 2.45) is 0 Å². The fourth-order valence-corrected chi connectivity index (χ4v) is 1.57. The normalized spacial score (nSPS) is 11.2. The van der Waals surface area contributed by atoms with E-state index in [4.69, 9.17) is 5.26 Å². The highest BCUT2D eigenvalue weighted by Gasteiger charge is 2.19. The molecule has 0 aliphatic rings. The number of rotatable bonds is 6. The predicted octanol–water partition coefficient (Wildman–Crippen LogP) is 1.79. The van der Waals surface area contributed by atoms with Crippen LogP contribution in [0.15, 0.2) is 18.2 Å². The Hall–Kier alpha value is -2.62. The number of nitrogens with zero attached hydrogens (tertiary/aromatic N) is 2. The van der Waals surface area contributed by atoms with Gasteiger partial charge in [0.1, 0.15) is 11.7 Å². The second-order valence-electron chi connectivity index (χ2n) is 4.26. The molecule has 1 rings (SSSR count). The SMILES string of the molecule is CCCNC(=O)C(C)Nc1ccc(C#N)cc1[N+](=O)[O-]. The van der Waals surface area contributed by atoms with Gasteiger partial charge in [-0.05, 0) is 25.5 Å². The fourth-order valence-electron chi connectivity index (χ4n) is 1.57. The lowest BCUT2D eigenvalue weighted by Gasteiger charge is -2.15. The first-order valence-electron chi connectivity index (χ1n) is 6.22. The maximum Gasteiger partial charge on any atom is 0.293 e. The molecule has 0 saturated carbocycles. The molecule has 0 aliphatic heterocycles. The van der Waals surface area contributed by atoms with Gasteiger partial charge in [-0.2, -0.15) is 5.26 Å². The number of nitrogens with one attached hydrogen (secondary N) is 2. The number of carbonyl (C=O) groups excluding carboxylic acids is 1. The summed E-state index contributed by atoms with van der Waals surface area (Å²) in [4.78, 5) is 22.1. The van der Waals surface area contributed by atoms with Crippen LogP contribution in [-0.4, -0.2) is 23.4 Å². The molecule has 1 unspecified atom stereocenters. The molecule has 7 heteroatoms. The zero-order chi connectivity index (χ0) is 15.1. The third-order valence-electron chi connectivity index (χ3n) is 2.64. The Morgan fingerprint density at radius 2 is 2.25 bits per heavy atom. The average Bonchev–Trinajstić information content (AvgIpc) is 2.44. The van der Waals surface area contributed by atoms with Gasteiger partial charge < -0.3 is 10.6 Å². The number of nitro benzene ring substituents is 1. The van der Waals surface area contributed by atoms with Crippen LogP contribution in [0.1, 0.15) is 25.8 Å². The molecule has 0 aromatic heterocycles. The first-order valence-corrected chi connectivity index (χ1v) is 6.22. The Morgan fingerprint density at radius 3 is 2.80 bits per heavy atom. The summed E-state index contributed by atoms with van der Waals surface area (Å²) in [5, 5.41) is 25.2. The molecule has 0 bridgehead atoms. The fraction of sp³-hybridized carbons (Fsp3) is 0.385. The highest BCUT2D eigenvalue weighted by atomic mass is 16.6.